The fourth-order valence-electron chi connectivity index (χ4n) is 3.78. The lowest BCUT2D eigenvalue weighted by molar-refractivity contribution is -0.134. The molecule has 0 unspecified atom stereocenters. The van der Waals surface area contributed by atoms with Crippen LogP contribution in [0.4, 0.5) is 8.78 Å². The minimum Gasteiger partial charge on any atom is -0.340 e. The van der Waals surface area contributed by atoms with Crippen LogP contribution in [0.5, 0.6) is 0 Å². The van der Waals surface area contributed by atoms with E-state index in [1.165, 1.54) is 25.7 Å². The molecule has 3 nitrogen and oxygen atoms in total. The van der Waals surface area contributed by atoms with E-state index in [9.17, 15) is 13.6 Å². The second kappa shape index (κ2) is 8.99. The molecule has 138 valence electrons. The molecule has 0 spiro atoms. The topological polar surface area (TPSA) is 23.6 Å². The lowest BCUT2D eigenvalue weighted by Gasteiger charge is -2.35. The Morgan fingerprint density at radius 3 is 2.32 bits per heavy atom. The zero-order chi connectivity index (χ0) is 17.6. The number of thioether (sulfide) groups is 1. The van der Waals surface area contributed by atoms with Gasteiger partial charge in [-0.25, -0.2) is 0 Å². The van der Waals surface area contributed by atoms with Crippen molar-refractivity contribution in [3.63, 3.8) is 0 Å². The highest BCUT2D eigenvalue weighted by Gasteiger charge is 2.25. The van der Waals surface area contributed by atoms with E-state index in [1.54, 1.807) is 12.1 Å². The van der Waals surface area contributed by atoms with Crippen LogP contribution in [0.15, 0.2) is 29.2 Å². The Balaban J connectivity index is 1.42. The number of halogens is 2. The molecule has 1 saturated carbocycles. The standard InChI is InChI=1S/C19H26F2N2OS/c20-19(21)25-17-7-5-16(6-8-17)14-22-9-11-23(12-10-22)18(24)13-15-3-1-2-4-15/h5-8,15,19H,1-4,9-14H2. The highest BCUT2D eigenvalue weighted by Crippen LogP contribution is 2.28. The summed E-state index contributed by atoms with van der Waals surface area (Å²) in [6.45, 7) is 4.16. The summed E-state index contributed by atoms with van der Waals surface area (Å²) in [5.41, 5.74) is 1.13. The van der Waals surface area contributed by atoms with Crippen molar-refractivity contribution in [1.82, 2.24) is 9.80 Å². The van der Waals surface area contributed by atoms with Gasteiger partial charge in [0.15, 0.2) is 0 Å². The van der Waals surface area contributed by atoms with E-state index in [1.807, 2.05) is 17.0 Å². The molecule has 1 heterocycles. The Morgan fingerprint density at radius 1 is 1.08 bits per heavy atom. The van der Waals surface area contributed by atoms with Gasteiger partial charge in [-0.2, -0.15) is 8.78 Å². The Morgan fingerprint density at radius 2 is 1.72 bits per heavy atom. The van der Waals surface area contributed by atoms with Crippen molar-refractivity contribution in [3.8, 4) is 0 Å². The van der Waals surface area contributed by atoms with E-state index in [2.05, 4.69) is 4.90 Å². The number of hydrogen-bond donors (Lipinski definition) is 0. The maximum absolute atomic E-state index is 12.4. The number of amides is 1. The van der Waals surface area contributed by atoms with E-state index in [0.717, 1.165) is 44.7 Å². The first-order chi connectivity index (χ1) is 12.1. The van der Waals surface area contributed by atoms with Gasteiger partial charge in [0.25, 0.3) is 5.76 Å². The number of nitrogens with zero attached hydrogens (tertiary/aromatic N) is 2. The Kier molecular flexibility index (Phi) is 6.70. The lowest BCUT2D eigenvalue weighted by atomic mass is 10.0. The molecule has 1 aromatic carbocycles. The third-order valence-electron chi connectivity index (χ3n) is 5.22. The van der Waals surface area contributed by atoms with Crippen LogP contribution in [0.2, 0.25) is 0 Å². The molecule has 1 saturated heterocycles. The predicted octanol–water partition coefficient (Wildman–Crippen LogP) is 4.23. The van der Waals surface area contributed by atoms with Gasteiger partial charge in [-0.05, 0) is 36.5 Å². The minimum absolute atomic E-state index is 0.319. The summed E-state index contributed by atoms with van der Waals surface area (Å²) >= 11 is 0.578. The molecule has 6 heteroatoms. The third-order valence-corrected chi connectivity index (χ3v) is 5.94. The maximum atomic E-state index is 12.4. The largest absolute Gasteiger partial charge is 0.340 e. The van der Waals surface area contributed by atoms with Gasteiger partial charge >= 0.3 is 0 Å². The van der Waals surface area contributed by atoms with Gasteiger partial charge in [-0.1, -0.05) is 36.7 Å². The number of carbonyl (C=O) groups excluding carboxylic acids is 1. The van der Waals surface area contributed by atoms with E-state index < -0.39 is 5.76 Å². The smallest absolute Gasteiger partial charge is 0.288 e. The molecule has 2 aliphatic rings. The van der Waals surface area contributed by atoms with Gasteiger partial charge in [0.2, 0.25) is 5.91 Å². The summed E-state index contributed by atoms with van der Waals surface area (Å²) in [6.07, 6.45) is 5.71. The van der Waals surface area contributed by atoms with Crippen LogP contribution in [0.1, 0.15) is 37.7 Å². The number of rotatable bonds is 6. The first-order valence-electron chi connectivity index (χ1n) is 9.14. The van der Waals surface area contributed by atoms with Crippen molar-refractivity contribution < 1.29 is 13.6 Å². The van der Waals surface area contributed by atoms with Gasteiger partial charge in [0.1, 0.15) is 0 Å². The molecule has 1 aromatic rings. The van der Waals surface area contributed by atoms with Gasteiger partial charge in [-0.3, -0.25) is 9.69 Å². The van der Waals surface area contributed by atoms with E-state index in [0.29, 0.717) is 28.5 Å². The molecule has 0 N–H and O–H groups in total. The molecule has 1 aliphatic heterocycles. The van der Waals surface area contributed by atoms with E-state index in [-0.39, 0.29) is 0 Å². The van der Waals surface area contributed by atoms with Crippen molar-refractivity contribution in [3.05, 3.63) is 29.8 Å². The molecule has 1 aliphatic carbocycles. The van der Waals surface area contributed by atoms with Crippen LogP contribution in [0.25, 0.3) is 0 Å². The van der Waals surface area contributed by atoms with Gasteiger partial charge in [0.05, 0.1) is 0 Å². The summed E-state index contributed by atoms with van der Waals surface area (Å²) in [4.78, 5) is 17.3. The van der Waals surface area contributed by atoms with Gasteiger partial charge < -0.3 is 4.90 Å². The normalized spacial score (nSPS) is 19.7. The van der Waals surface area contributed by atoms with Crippen LogP contribution in [-0.4, -0.2) is 47.6 Å². The third kappa shape index (κ3) is 5.68. The summed E-state index contributed by atoms with van der Waals surface area (Å²) in [6, 6.07) is 7.35. The molecule has 0 aromatic heterocycles. The minimum atomic E-state index is -2.37. The van der Waals surface area contributed by atoms with Crippen LogP contribution >= 0.6 is 11.8 Å². The van der Waals surface area contributed by atoms with E-state index >= 15 is 0 Å². The molecule has 25 heavy (non-hydrogen) atoms. The quantitative estimate of drug-likeness (QED) is 0.702. The number of hydrogen-bond acceptors (Lipinski definition) is 3. The first-order valence-corrected chi connectivity index (χ1v) is 10.0. The van der Waals surface area contributed by atoms with Crippen molar-refractivity contribution in [2.24, 2.45) is 5.92 Å². The highest BCUT2D eigenvalue weighted by molar-refractivity contribution is 7.99. The van der Waals surface area contributed by atoms with E-state index in [4.69, 9.17) is 0 Å². The Hall–Kier alpha value is -1.14. The molecule has 2 fully saturated rings. The second-order valence-corrected chi connectivity index (χ2v) is 8.10. The fourth-order valence-corrected chi connectivity index (χ4v) is 4.28. The number of alkyl halides is 2. The summed E-state index contributed by atoms with van der Waals surface area (Å²) < 4.78 is 24.7. The van der Waals surface area contributed by atoms with Crippen molar-refractivity contribution >= 4 is 17.7 Å². The summed E-state index contributed by atoms with van der Waals surface area (Å²) in [5.74, 6) is -1.45. The van der Waals surface area contributed by atoms with Gasteiger partial charge in [0, 0.05) is 44.0 Å². The molecule has 0 radical (unpaired) electrons. The lowest BCUT2D eigenvalue weighted by Crippen LogP contribution is -2.48. The molecular weight excluding hydrogens is 342 g/mol. The Labute approximate surface area is 152 Å². The average Bonchev–Trinajstić information content (AvgIpc) is 3.10. The number of carbonyl (C=O) groups is 1. The first kappa shape index (κ1) is 18.6. The summed E-state index contributed by atoms with van der Waals surface area (Å²) in [7, 11) is 0. The maximum Gasteiger partial charge on any atom is 0.288 e. The average molecular weight is 368 g/mol. The predicted molar refractivity (Wildman–Crippen MR) is 96.7 cm³/mol. The van der Waals surface area contributed by atoms with Crippen LogP contribution in [-0.2, 0) is 11.3 Å². The SMILES string of the molecule is O=C(CC1CCCC1)N1CCN(Cc2ccc(SC(F)F)cc2)CC1. The van der Waals surface area contributed by atoms with Crippen molar-refractivity contribution in [2.75, 3.05) is 26.2 Å². The molecule has 0 atom stereocenters. The zero-order valence-electron chi connectivity index (χ0n) is 14.5. The monoisotopic (exact) mass is 368 g/mol. The van der Waals surface area contributed by atoms with Crippen molar-refractivity contribution in [2.45, 2.75) is 49.3 Å². The molecule has 0 bridgehead atoms. The summed E-state index contributed by atoms with van der Waals surface area (Å²) in [5, 5.41) is 0. The fraction of sp³-hybridized carbons (Fsp3) is 0.632. The molecule has 1 amide bonds. The van der Waals surface area contributed by atoms with Crippen LogP contribution in [0, 0.1) is 5.92 Å². The number of piperazine rings is 1. The number of benzene rings is 1. The van der Waals surface area contributed by atoms with Crippen LogP contribution in [0.3, 0.4) is 0 Å². The highest BCUT2D eigenvalue weighted by atomic mass is 32.2. The zero-order valence-corrected chi connectivity index (χ0v) is 15.3. The molecular formula is C19H26F2N2OS. The van der Waals surface area contributed by atoms with Crippen molar-refractivity contribution in [1.29, 1.82) is 0 Å². The van der Waals surface area contributed by atoms with Crippen LogP contribution < -0.4 is 0 Å². The molecule has 3 rings (SSSR count). The van der Waals surface area contributed by atoms with Gasteiger partial charge in [-0.15, -0.1) is 0 Å². The Bertz CT molecular complexity index is 553. The second-order valence-electron chi connectivity index (χ2n) is 7.03.